The third-order valence-electron chi connectivity index (χ3n) is 9.82. The first-order valence-corrected chi connectivity index (χ1v) is 15.2. The first-order chi connectivity index (χ1) is 21.1. The predicted molar refractivity (Wildman–Crippen MR) is 185 cm³/mol. The fourth-order valence-corrected chi connectivity index (χ4v) is 8.01. The van der Waals surface area contributed by atoms with Crippen molar-refractivity contribution >= 4 is 43.1 Å². The van der Waals surface area contributed by atoms with Crippen molar-refractivity contribution in [3.05, 3.63) is 157 Å². The van der Waals surface area contributed by atoms with E-state index in [9.17, 15) is 0 Å². The molecule has 0 fully saturated rings. The molecule has 0 nitrogen and oxygen atoms in total. The van der Waals surface area contributed by atoms with Gasteiger partial charge in [-0.3, -0.25) is 0 Å². The summed E-state index contributed by atoms with van der Waals surface area (Å²) in [6, 6.07) is 54.0. The predicted octanol–water partition coefficient (Wildman–Crippen LogP) is 11.9. The number of rotatable bonds is 2. The zero-order valence-electron chi connectivity index (χ0n) is 24.4. The van der Waals surface area contributed by atoms with Gasteiger partial charge in [-0.25, -0.2) is 0 Å². The second-order valence-electron chi connectivity index (χ2n) is 12.4. The van der Waals surface area contributed by atoms with Crippen LogP contribution in [0.4, 0.5) is 0 Å². The van der Waals surface area contributed by atoms with Crippen molar-refractivity contribution < 1.29 is 0 Å². The van der Waals surface area contributed by atoms with E-state index in [2.05, 4.69) is 159 Å². The van der Waals surface area contributed by atoms with Crippen LogP contribution in [0.3, 0.4) is 0 Å². The van der Waals surface area contributed by atoms with Gasteiger partial charge in [0.25, 0.3) is 0 Å². The molecule has 0 amide bonds. The Kier molecular flexibility index (Phi) is 5.05. The molecule has 8 aromatic carbocycles. The standard InChI is InChI=1S/C43H30/c1-43(2)38-26-25-30-31(21-12-22-32(30)41(38)37-24-23-27-13-6-7-16-29(27)42(37)43)40-35-19-10-8-17-33(35)39(28-14-4-3-5-15-28)34-18-9-11-20-36(34)40/h3-26H,1-2H3. The van der Waals surface area contributed by atoms with Crippen LogP contribution in [0.1, 0.15) is 25.0 Å². The largest absolute Gasteiger partial charge is 0.0622 e. The lowest BCUT2D eigenvalue weighted by molar-refractivity contribution is 0.667. The Morgan fingerprint density at radius 1 is 0.349 bits per heavy atom. The lowest BCUT2D eigenvalue weighted by atomic mass is 9.79. The monoisotopic (exact) mass is 546 g/mol. The molecule has 202 valence electrons. The number of fused-ring (bicyclic) bond motifs is 9. The van der Waals surface area contributed by atoms with Crippen molar-refractivity contribution in [1.82, 2.24) is 0 Å². The van der Waals surface area contributed by atoms with E-state index in [1.807, 2.05) is 0 Å². The van der Waals surface area contributed by atoms with Crippen molar-refractivity contribution in [3.63, 3.8) is 0 Å². The molecule has 0 bridgehead atoms. The normalized spacial score (nSPS) is 13.5. The summed E-state index contributed by atoms with van der Waals surface area (Å²) >= 11 is 0. The molecule has 0 saturated heterocycles. The topological polar surface area (TPSA) is 0 Å². The zero-order valence-corrected chi connectivity index (χ0v) is 24.4. The molecule has 0 unspecified atom stereocenters. The molecule has 1 aliphatic rings. The van der Waals surface area contributed by atoms with E-state index in [1.165, 1.54) is 87.6 Å². The van der Waals surface area contributed by atoms with Crippen molar-refractivity contribution in [2.24, 2.45) is 0 Å². The van der Waals surface area contributed by atoms with Crippen LogP contribution in [0.2, 0.25) is 0 Å². The lowest BCUT2D eigenvalue weighted by Gasteiger charge is -2.23. The van der Waals surface area contributed by atoms with Crippen LogP contribution in [0, 0.1) is 0 Å². The molecule has 0 radical (unpaired) electrons. The molecule has 0 N–H and O–H groups in total. The van der Waals surface area contributed by atoms with Crippen LogP contribution in [-0.4, -0.2) is 0 Å². The maximum Gasteiger partial charge on any atom is 0.0165 e. The molecule has 0 heterocycles. The van der Waals surface area contributed by atoms with Gasteiger partial charge in [-0.1, -0.05) is 159 Å². The molecular weight excluding hydrogens is 516 g/mol. The van der Waals surface area contributed by atoms with Gasteiger partial charge < -0.3 is 0 Å². The fourth-order valence-electron chi connectivity index (χ4n) is 8.01. The van der Waals surface area contributed by atoms with Gasteiger partial charge in [-0.2, -0.15) is 0 Å². The summed E-state index contributed by atoms with van der Waals surface area (Å²) in [5.41, 5.74) is 10.7. The Balaban J connectivity index is 1.40. The van der Waals surface area contributed by atoms with Crippen LogP contribution >= 0.6 is 0 Å². The molecule has 8 aromatic rings. The highest BCUT2D eigenvalue weighted by Gasteiger charge is 2.38. The maximum absolute atomic E-state index is 2.40. The highest BCUT2D eigenvalue weighted by molar-refractivity contribution is 6.24. The average molecular weight is 547 g/mol. The smallest absolute Gasteiger partial charge is 0.0165 e. The summed E-state index contributed by atoms with van der Waals surface area (Å²) in [5, 5.41) is 10.5. The Bertz CT molecular complexity index is 2350. The number of benzene rings is 8. The van der Waals surface area contributed by atoms with E-state index < -0.39 is 0 Å². The van der Waals surface area contributed by atoms with E-state index in [-0.39, 0.29) is 5.41 Å². The van der Waals surface area contributed by atoms with Gasteiger partial charge in [0.05, 0.1) is 0 Å². The van der Waals surface area contributed by atoms with E-state index in [1.54, 1.807) is 0 Å². The van der Waals surface area contributed by atoms with Gasteiger partial charge in [0.15, 0.2) is 0 Å². The summed E-state index contributed by atoms with van der Waals surface area (Å²) in [7, 11) is 0. The van der Waals surface area contributed by atoms with Gasteiger partial charge >= 0.3 is 0 Å². The van der Waals surface area contributed by atoms with Crippen molar-refractivity contribution in [1.29, 1.82) is 0 Å². The third kappa shape index (κ3) is 3.32. The summed E-state index contributed by atoms with van der Waals surface area (Å²) in [5.74, 6) is 0. The Morgan fingerprint density at radius 3 is 1.60 bits per heavy atom. The van der Waals surface area contributed by atoms with Crippen LogP contribution in [0.25, 0.3) is 76.5 Å². The van der Waals surface area contributed by atoms with Crippen LogP contribution in [-0.2, 0) is 5.41 Å². The molecule has 43 heavy (non-hydrogen) atoms. The van der Waals surface area contributed by atoms with Crippen LogP contribution in [0.15, 0.2) is 146 Å². The lowest BCUT2D eigenvalue weighted by Crippen LogP contribution is -2.15. The summed E-state index contributed by atoms with van der Waals surface area (Å²) in [6.45, 7) is 4.78. The fraction of sp³-hybridized carbons (Fsp3) is 0.0698. The molecule has 0 aliphatic heterocycles. The highest BCUT2D eigenvalue weighted by Crippen LogP contribution is 2.55. The van der Waals surface area contributed by atoms with Gasteiger partial charge in [-0.05, 0) is 87.6 Å². The Labute approximate surface area is 251 Å². The molecule has 0 atom stereocenters. The molecule has 9 rings (SSSR count). The highest BCUT2D eigenvalue weighted by atomic mass is 14.4. The molecule has 0 spiro atoms. The Hall–Kier alpha value is -5.20. The minimum atomic E-state index is -0.0769. The van der Waals surface area contributed by atoms with Gasteiger partial charge in [-0.15, -0.1) is 0 Å². The average Bonchev–Trinajstić information content (AvgIpc) is 3.30. The quantitative estimate of drug-likeness (QED) is 0.189. The number of hydrogen-bond donors (Lipinski definition) is 0. The van der Waals surface area contributed by atoms with Gasteiger partial charge in [0.2, 0.25) is 0 Å². The number of hydrogen-bond acceptors (Lipinski definition) is 0. The van der Waals surface area contributed by atoms with Gasteiger partial charge in [0.1, 0.15) is 0 Å². The summed E-state index contributed by atoms with van der Waals surface area (Å²) < 4.78 is 0. The second-order valence-corrected chi connectivity index (χ2v) is 12.4. The second kappa shape index (κ2) is 8.90. The summed E-state index contributed by atoms with van der Waals surface area (Å²) in [4.78, 5) is 0. The minimum absolute atomic E-state index is 0.0769. The molecule has 0 heteroatoms. The molecule has 0 aromatic heterocycles. The first-order valence-electron chi connectivity index (χ1n) is 15.2. The molecular formula is C43H30. The Morgan fingerprint density at radius 2 is 0.907 bits per heavy atom. The van der Waals surface area contributed by atoms with Crippen molar-refractivity contribution in [2.45, 2.75) is 19.3 Å². The van der Waals surface area contributed by atoms with Crippen LogP contribution in [0.5, 0.6) is 0 Å². The third-order valence-corrected chi connectivity index (χ3v) is 9.82. The van der Waals surface area contributed by atoms with E-state index in [4.69, 9.17) is 0 Å². The van der Waals surface area contributed by atoms with Crippen LogP contribution < -0.4 is 0 Å². The first kappa shape index (κ1) is 24.4. The van der Waals surface area contributed by atoms with Crippen molar-refractivity contribution in [2.75, 3.05) is 0 Å². The van der Waals surface area contributed by atoms with Crippen molar-refractivity contribution in [3.8, 4) is 33.4 Å². The SMILES string of the molecule is CC1(C)c2ccc3c(-c4c5ccccc5c(-c5ccccc5)c5ccccc45)cccc3c2-c2ccc3ccccc3c21. The zero-order chi connectivity index (χ0) is 28.7. The van der Waals surface area contributed by atoms with E-state index >= 15 is 0 Å². The van der Waals surface area contributed by atoms with E-state index in [0.29, 0.717) is 0 Å². The summed E-state index contributed by atoms with van der Waals surface area (Å²) in [6.07, 6.45) is 0. The molecule has 1 aliphatic carbocycles. The van der Waals surface area contributed by atoms with E-state index in [0.717, 1.165) is 0 Å². The molecule has 0 saturated carbocycles. The maximum atomic E-state index is 2.40. The van der Waals surface area contributed by atoms with Gasteiger partial charge in [0, 0.05) is 5.41 Å². The minimum Gasteiger partial charge on any atom is -0.0622 e.